The van der Waals surface area contributed by atoms with E-state index in [2.05, 4.69) is 5.32 Å². The lowest BCUT2D eigenvalue weighted by Crippen LogP contribution is -2.11. The van der Waals surface area contributed by atoms with Crippen LogP contribution in [0.2, 0.25) is 0 Å². The highest BCUT2D eigenvalue weighted by molar-refractivity contribution is 5.58. The second kappa shape index (κ2) is 6.43. The van der Waals surface area contributed by atoms with E-state index in [4.69, 9.17) is 9.47 Å². The Labute approximate surface area is 122 Å². The van der Waals surface area contributed by atoms with Gasteiger partial charge in [0.25, 0.3) is 0 Å². The van der Waals surface area contributed by atoms with Gasteiger partial charge in [0.05, 0.1) is 31.5 Å². The van der Waals surface area contributed by atoms with Crippen LogP contribution in [0.25, 0.3) is 0 Å². The zero-order chi connectivity index (χ0) is 15.4. The summed E-state index contributed by atoms with van der Waals surface area (Å²) in [6.07, 6.45) is 0. The first-order valence-electron chi connectivity index (χ1n) is 6.49. The van der Waals surface area contributed by atoms with E-state index in [0.717, 1.165) is 0 Å². The van der Waals surface area contributed by atoms with Gasteiger partial charge in [0.2, 0.25) is 0 Å². The van der Waals surface area contributed by atoms with Gasteiger partial charge in [-0.25, -0.2) is 8.78 Å². The van der Waals surface area contributed by atoms with Crippen molar-refractivity contribution in [1.82, 2.24) is 0 Å². The van der Waals surface area contributed by atoms with E-state index < -0.39 is 5.82 Å². The van der Waals surface area contributed by atoms with Crippen LogP contribution < -0.4 is 14.8 Å². The quantitative estimate of drug-likeness (QED) is 0.898. The van der Waals surface area contributed by atoms with Crippen molar-refractivity contribution in [3.63, 3.8) is 0 Å². The number of methoxy groups -OCH3 is 2. The van der Waals surface area contributed by atoms with Crippen molar-refractivity contribution in [2.75, 3.05) is 19.5 Å². The molecule has 0 aliphatic rings. The van der Waals surface area contributed by atoms with Crippen molar-refractivity contribution in [1.29, 1.82) is 0 Å². The monoisotopic (exact) mass is 293 g/mol. The second-order valence-electron chi connectivity index (χ2n) is 4.57. The van der Waals surface area contributed by atoms with Crippen LogP contribution in [-0.4, -0.2) is 14.2 Å². The number of ether oxygens (including phenoxy) is 2. The largest absolute Gasteiger partial charge is 0.496 e. The normalized spacial score (nSPS) is 11.9. The molecule has 0 saturated heterocycles. The Balaban J connectivity index is 2.32. The number of halogens is 2. The molecule has 0 spiro atoms. The Morgan fingerprint density at radius 1 is 1.00 bits per heavy atom. The van der Waals surface area contributed by atoms with Gasteiger partial charge in [-0.1, -0.05) is 6.07 Å². The smallest absolute Gasteiger partial charge is 0.144 e. The van der Waals surface area contributed by atoms with E-state index in [1.807, 2.05) is 0 Å². The highest BCUT2D eigenvalue weighted by Gasteiger charge is 2.17. The third kappa shape index (κ3) is 3.24. The maximum absolute atomic E-state index is 14.0. The van der Waals surface area contributed by atoms with E-state index >= 15 is 0 Å². The maximum atomic E-state index is 14.0. The third-order valence-corrected chi connectivity index (χ3v) is 3.20. The number of nitrogens with one attached hydrogen (secondary N) is 1. The van der Waals surface area contributed by atoms with Gasteiger partial charge >= 0.3 is 0 Å². The van der Waals surface area contributed by atoms with Gasteiger partial charge in [0.15, 0.2) is 0 Å². The van der Waals surface area contributed by atoms with E-state index in [1.165, 1.54) is 32.4 Å². The molecular formula is C16H17F2NO2. The van der Waals surface area contributed by atoms with Crippen molar-refractivity contribution in [3.8, 4) is 11.5 Å². The summed E-state index contributed by atoms with van der Waals surface area (Å²) in [6, 6.07) is 8.42. The standard InChI is InChI=1S/C16H17F2NO2/c1-10(16-12(18)5-4-6-14(16)20-2)19-13-8-7-11(17)9-15(13)21-3/h4-10,19H,1-3H3. The molecule has 2 aromatic carbocycles. The lowest BCUT2D eigenvalue weighted by atomic mass is 10.1. The SMILES string of the molecule is COc1cc(F)ccc1NC(C)c1c(F)cccc1OC. The Hall–Kier alpha value is -2.30. The van der Waals surface area contributed by atoms with Crippen molar-refractivity contribution in [2.45, 2.75) is 13.0 Å². The third-order valence-electron chi connectivity index (χ3n) is 3.20. The van der Waals surface area contributed by atoms with Gasteiger partial charge in [-0.05, 0) is 31.2 Å². The predicted octanol–water partition coefficient (Wildman–Crippen LogP) is 4.16. The van der Waals surface area contributed by atoms with Crippen molar-refractivity contribution in [3.05, 3.63) is 53.6 Å². The number of rotatable bonds is 5. The van der Waals surface area contributed by atoms with Crippen LogP contribution >= 0.6 is 0 Å². The summed E-state index contributed by atoms with van der Waals surface area (Å²) < 4.78 is 37.5. The predicted molar refractivity (Wildman–Crippen MR) is 77.9 cm³/mol. The number of anilines is 1. The first-order valence-corrected chi connectivity index (χ1v) is 6.49. The van der Waals surface area contributed by atoms with Crippen molar-refractivity contribution < 1.29 is 18.3 Å². The Kier molecular flexibility index (Phi) is 4.62. The molecule has 21 heavy (non-hydrogen) atoms. The first-order chi connectivity index (χ1) is 10.1. The number of benzene rings is 2. The molecule has 0 fully saturated rings. The van der Waals surface area contributed by atoms with Gasteiger partial charge in [0, 0.05) is 6.07 Å². The van der Waals surface area contributed by atoms with Gasteiger partial charge in [-0.15, -0.1) is 0 Å². The fourth-order valence-electron chi connectivity index (χ4n) is 2.21. The summed E-state index contributed by atoms with van der Waals surface area (Å²) in [5.41, 5.74) is 0.989. The summed E-state index contributed by atoms with van der Waals surface area (Å²) in [5.74, 6) is 0.0530. The maximum Gasteiger partial charge on any atom is 0.144 e. The van der Waals surface area contributed by atoms with Crippen LogP contribution in [0.1, 0.15) is 18.5 Å². The van der Waals surface area contributed by atoms with E-state index in [1.54, 1.807) is 25.1 Å². The van der Waals surface area contributed by atoms with Crippen LogP contribution in [0, 0.1) is 11.6 Å². The molecule has 0 aromatic heterocycles. The van der Waals surface area contributed by atoms with E-state index in [-0.39, 0.29) is 11.9 Å². The fraction of sp³-hybridized carbons (Fsp3) is 0.250. The molecular weight excluding hydrogens is 276 g/mol. The molecule has 0 aliphatic heterocycles. The molecule has 1 N–H and O–H groups in total. The highest BCUT2D eigenvalue weighted by Crippen LogP contribution is 2.33. The molecule has 0 saturated carbocycles. The molecule has 0 amide bonds. The minimum absolute atomic E-state index is 0.358. The second-order valence-corrected chi connectivity index (χ2v) is 4.57. The molecule has 3 nitrogen and oxygen atoms in total. The topological polar surface area (TPSA) is 30.5 Å². The molecule has 0 aliphatic carbocycles. The van der Waals surface area contributed by atoms with E-state index in [0.29, 0.717) is 22.7 Å². The summed E-state index contributed by atoms with van der Waals surface area (Å²) in [4.78, 5) is 0. The summed E-state index contributed by atoms with van der Waals surface area (Å²) >= 11 is 0. The fourth-order valence-corrected chi connectivity index (χ4v) is 2.21. The Morgan fingerprint density at radius 3 is 2.38 bits per heavy atom. The zero-order valence-corrected chi connectivity index (χ0v) is 12.1. The van der Waals surface area contributed by atoms with Crippen LogP contribution in [-0.2, 0) is 0 Å². The highest BCUT2D eigenvalue weighted by atomic mass is 19.1. The van der Waals surface area contributed by atoms with E-state index in [9.17, 15) is 8.78 Å². The molecule has 0 heterocycles. The molecule has 1 atom stereocenters. The lowest BCUT2D eigenvalue weighted by molar-refractivity contribution is 0.401. The summed E-state index contributed by atoms with van der Waals surface area (Å²) in [7, 11) is 2.94. The lowest BCUT2D eigenvalue weighted by Gasteiger charge is -2.20. The Morgan fingerprint density at radius 2 is 1.71 bits per heavy atom. The zero-order valence-electron chi connectivity index (χ0n) is 12.1. The van der Waals surface area contributed by atoms with Crippen molar-refractivity contribution in [2.24, 2.45) is 0 Å². The Bertz CT molecular complexity index is 632. The minimum atomic E-state index is -0.395. The van der Waals surface area contributed by atoms with Crippen molar-refractivity contribution >= 4 is 5.69 Å². The molecule has 5 heteroatoms. The van der Waals surface area contributed by atoms with Crippen LogP contribution in [0.3, 0.4) is 0 Å². The van der Waals surface area contributed by atoms with Crippen LogP contribution in [0.4, 0.5) is 14.5 Å². The molecule has 1 unspecified atom stereocenters. The van der Waals surface area contributed by atoms with Crippen LogP contribution in [0.5, 0.6) is 11.5 Å². The molecule has 0 bridgehead atoms. The summed E-state index contributed by atoms with van der Waals surface area (Å²) in [6.45, 7) is 1.80. The number of hydrogen-bond acceptors (Lipinski definition) is 3. The van der Waals surface area contributed by atoms with Gasteiger partial charge in [-0.3, -0.25) is 0 Å². The van der Waals surface area contributed by atoms with Gasteiger partial charge in [0.1, 0.15) is 23.1 Å². The van der Waals surface area contributed by atoms with Gasteiger partial charge < -0.3 is 14.8 Å². The van der Waals surface area contributed by atoms with Crippen LogP contribution in [0.15, 0.2) is 36.4 Å². The van der Waals surface area contributed by atoms with Gasteiger partial charge in [-0.2, -0.15) is 0 Å². The molecule has 0 radical (unpaired) electrons. The summed E-state index contributed by atoms with van der Waals surface area (Å²) in [5, 5.41) is 3.11. The molecule has 2 rings (SSSR count). The molecule has 112 valence electrons. The molecule has 2 aromatic rings. The minimum Gasteiger partial charge on any atom is -0.496 e. The average Bonchev–Trinajstić information content (AvgIpc) is 2.48. The average molecular weight is 293 g/mol. The first kappa shape index (κ1) is 15.1. The number of hydrogen-bond donors (Lipinski definition) is 1.